The van der Waals surface area contributed by atoms with Crippen LogP contribution in [-0.2, 0) is 6.42 Å². The number of para-hydroxylation sites is 1. The minimum absolute atomic E-state index is 0.170. The molecule has 0 saturated carbocycles. The maximum Gasteiger partial charge on any atom is 0.262 e. The molecule has 88 valence electrons. The van der Waals surface area contributed by atoms with Crippen molar-refractivity contribution in [1.29, 1.82) is 0 Å². The lowest BCUT2D eigenvalue weighted by Gasteiger charge is -2.07. The normalized spacial score (nSPS) is 10.5. The smallest absolute Gasteiger partial charge is 0.262 e. The Morgan fingerprint density at radius 1 is 1.24 bits per heavy atom. The van der Waals surface area contributed by atoms with Gasteiger partial charge in [0.15, 0.2) is 0 Å². The summed E-state index contributed by atoms with van der Waals surface area (Å²) in [7, 11) is 0. The molecule has 0 amide bonds. The van der Waals surface area contributed by atoms with Gasteiger partial charge in [-0.2, -0.15) is 0 Å². The van der Waals surface area contributed by atoms with Gasteiger partial charge in [-0.25, -0.2) is 4.98 Å². The molecule has 0 spiro atoms. The fraction of sp³-hybridized carbons (Fsp3) is 0.167. The Labute approximate surface area is 109 Å². The molecule has 0 N–H and O–H groups in total. The molecule has 0 aliphatic heterocycles. The first-order valence-electron chi connectivity index (χ1n) is 5.11. The van der Waals surface area contributed by atoms with E-state index in [0.717, 1.165) is 5.69 Å². The first kappa shape index (κ1) is 12.1. The summed E-state index contributed by atoms with van der Waals surface area (Å²) in [6.07, 6.45) is 1.84. The molecule has 0 atom stereocenters. The molecule has 2 rings (SSSR count). The maximum atomic E-state index is 12.2. The zero-order valence-electron chi connectivity index (χ0n) is 8.94. The van der Waals surface area contributed by atoms with E-state index in [1.807, 2.05) is 30.3 Å². The second kappa shape index (κ2) is 5.34. The first-order chi connectivity index (χ1) is 8.24. The minimum Gasteiger partial charge on any atom is -0.269 e. The molecule has 5 heteroatoms. The van der Waals surface area contributed by atoms with Gasteiger partial charge in [-0.15, -0.1) is 11.6 Å². The molecule has 2 aromatic rings. The van der Waals surface area contributed by atoms with Gasteiger partial charge in [0.1, 0.15) is 11.5 Å². The number of nitrogens with zero attached hydrogens (tertiary/aromatic N) is 2. The van der Waals surface area contributed by atoms with E-state index in [0.29, 0.717) is 17.9 Å². The third kappa shape index (κ3) is 2.51. The standard InChI is InChI=1S/C12H10Cl2N2O/c13-7-6-10-11(14)15-8-16(12(10)17)9-4-2-1-3-5-9/h1-5,8H,6-7H2. The van der Waals surface area contributed by atoms with Gasteiger partial charge in [-0.1, -0.05) is 29.8 Å². The lowest BCUT2D eigenvalue weighted by molar-refractivity contribution is 0.892. The van der Waals surface area contributed by atoms with Crippen LogP contribution in [0, 0.1) is 0 Å². The second-order valence-corrected chi connectivity index (χ2v) is 4.20. The SMILES string of the molecule is O=c1c(CCCl)c(Cl)ncn1-c1ccccc1. The molecule has 0 fully saturated rings. The summed E-state index contributed by atoms with van der Waals surface area (Å²) in [5, 5.41) is 0.225. The minimum atomic E-state index is -0.170. The maximum absolute atomic E-state index is 12.2. The van der Waals surface area contributed by atoms with Crippen LogP contribution in [-0.4, -0.2) is 15.4 Å². The molecular weight excluding hydrogens is 259 g/mol. The van der Waals surface area contributed by atoms with Gasteiger partial charge in [0, 0.05) is 5.88 Å². The molecule has 1 aromatic heterocycles. The molecule has 0 bridgehead atoms. The molecule has 0 radical (unpaired) electrons. The number of hydrogen-bond acceptors (Lipinski definition) is 2. The van der Waals surface area contributed by atoms with Crippen LogP contribution in [0.3, 0.4) is 0 Å². The van der Waals surface area contributed by atoms with Crippen LogP contribution in [0.5, 0.6) is 0 Å². The monoisotopic (exact) mass is 268 g/mol. The van der Waals surface area contributed by atoms with Crippen molar-refractivity contribution < 1.29 is 0 Å². The molecule has 0 aliphatic carbocycles. The van der Waals surface area contributed by atoms with Crippen molar-refractivity contribution in [3.05, 3.63) is 57.7 Å². The highest BCUT2D eigenvalue weighted by Gasteiger charge is 2.10. The van der Waals surface area contributed by atoms with E-state index in [-0.39, 0.29) is 10.7 Å². The molecular formula is C12H10Cl2N2O. The van der Waals surface area contributed by atoms with Gasteiger partial charge < -0.3 is 0 Å². The van der Waals surface area contributed by atoms with Crippen LogP contribution in [0.1, 0.15) is 5.56 Å². The molecule has 3 nitrogen and oxygen atoms in total. The number of halogens is 2. The van der Waals surface area contributed by atoms with E-state index in [4.69, 9.17) is 23.2 Å². The molecule has 1 aromatic carbocycles. The zero-order chi connectivity index (χ0) is 12.3. The number of hydrogen-bond donors (Lipinski definition) is 0. The van der Waals surface area contributed by atoms with Gasteiger partial charge in [0.25, 0.3) is 5.56 Å². The lowest BCUT2D eigenvalue weighted by atomic mass is 10.2. The quantitative estimate of drug-likeness (QED) is 0.634. The predicted octanol–water partition coefficient (Wildman–Crippen LogP) is 2.67. The lowest BCUT2D eigenvalue weighted by Crippen LogP contribution is -2.23. The van der Waals surface area contributed by atoms with Gasteiger partial charge in [0.2, 0.25) is 0 Å². The molecule has 1 heterocycles. The Bertz CT molecular complexity index is 566. The Morgan fingerprint density at radius 2 is 1.94 bits per heavy atom. The van der Waals surface area contributed by atoms with Crippen molar-refractivity contribution in [3.8, 4) is 5.69 Å². The fourth-order valence-electron chi connectivity index (χ4n) is 1.55. The van der Waals surface area contributed by atoms with E-state index >= 15 is 0 Å². The van der Waals surface area contributed by atoms with Crippen LogP contribution in [0.15, 0.2) is 41.5 Å². The number of benzene rings is 1. The zero-order valence-corrected chi connectivity index (χ0v) is 10.4. The van der Waals surface area contributed by atoms with Crippen molar-refractivity contribution in [1.82, 2.24) is 9.55 Å². The summed E-state index contributed by atoms with van der Waals surface area (Å²) in [6, 6.07) is 9.27. The molecule has 17 heavy (non-hydrogen) atoms. The van der Waals surface area contributed by atoms with Gasteiger partial charge in [0.05, 0.1) is 11.3 Å². The topological polar surface area (TPSA) is 34.9 Å². The summed E-state index contributed by atoms with van der Waals surface area (Å²) in [6.45, 7) is 0. The van der Waals surface area contributed by atoms with Crippen molar-refractivity contribution in [3.63, 3.8) is 0 Å². The van der Waals surface area contributed by atoms with Gasteiger partial charge in [-0.05, 0) is 18.6 Å². The molecule has 0 aliphatic rings. The van der Waals surface area contributed by atoms with Gasteiger partial charge >= 0.3 is 0 Å². The average Bonchev–Trinajstić information content (AvgIpc) is 2.36. The van der Waals surface area contributed by atoms with Crippen molar-refractivity contribution in [2.45, 2.75) is 6.42 Å². The first-order valence-corrected chi connectivity index (χ1v) is 6.02. The second-order valence-electron chi connectivity index (χ2n) is 3.46. The van der Waals surface area contributed by atoms with Crippen LogP contribution in [0.2, 0.25) is 5.15 Å². The number of aromatic nitrogens is 2. The Kier molecular flexibility index (Phi) is 3.82. The Morgan fingerprint density at radius 3 is 2.59 bits per heavy atom. The van der Waals surface area contributed by atoms with E-state index in [9.17, 15) is 4.79 Å². The average molecular weight is 269 g/mol. The summed E-state index contributed by atoms with van der Waals surface area (Å²) < 4.78 is 1.47. The van der Waals surface area contributed by atoms with Crippen LogP contribution in [0.25, 0.3) is 5.69 Å². The van der Waals surface area contributed by atoms with Crippen molar-refractivity contribution in [2.75, 3.05) is 5.88 Å². The number of alkyl halides is 1. The van der Waals surface area contributed by atoms with Crippen LogP contribution in [0.4, 0.5) is 0 Å². The van der Waals surface area contributed by atoms with E-state index in [1.54, 1.807) is 0 Å². The van der Waals surface area contributed by atoms with E-state index in [1.165, 1.54) is 10.9 Å². The predicted molar refractivity (Wildman–Crippen MR) is 69.3 cm³/mol. The van der Waals surface area contributed by atoms with Crippen LogP contribution < -0.4 is 5.56 Å². The third-order valence-corrected chi connectivity index (χ3v) is 2.91. The van der Waals surface area contributed by atoms with Crippen molar-refractivity contribution in [2.24, 2.45) is 0 Å². The summed E-state index contributed by atoms with van der Waals surface area (Å²) >= 11 is 11.5. The summed E-state index contributed by atoms with van der Waals surface area (Å²) in [5.74, 6) is 0.343. The summed E-state index contributed by atoms with van der Waals surface area (Å²) in [4.78, 5) is 16.2. The van der Waals surface area contributed by atoms with Crippen LogP contribution >= 0.6 is 23.2 Å². The Balaban J connectivity index is 2.58. The highest BCUT2D eigenvalue weighted by molar-refractivity contribution is 6.30. The highest BCUT2D eigenvalue weighted by Crippen LogP contribution is 2.11. The highest BCUT2D eigenvalue weighted by atomic mass is 35.5. The van der Waals surface area contributed by atoms with E-state index in [2.05, 4.69) is 4.98 Å². The number of rotatable bonds is 3. The fourth-order valence-corrected chi connectivity index (χ4v) is 1.96. The van der Waals surface area contributed by atoms with Gasteiger partial charge in [-0.3, -0.25) is 9.36 Å². The third-order valence-electron chi connectivity index (χ3n) is 2.39. The molecule has 0 saturated heterocycles. The Hall–Kier alpha value is -1.32. The largest absolute Gasteiger partial charge is 0.269 e. The van der Waals surface area contributed by atoms with Crippen molar-refractivity contribution >= 4 is 23.2 Å². The van der Waals surface area contributed by atoms with E-state index < -0.39 is 0 Å². The summed E-state index contributed by atoms with van der Waals surface area (Å²) in [5.41, 5.74) is 1.04. The molecule has 0 unspecified atom stereocenters.